The Kier molecular flexibility index (Phi) is 5.32. The molecule has 0 aromatic heterocycles. The summed E-state index contributed by atoms with van der Waals surface area (Å²) in [6, 6.07) is 17.9. The highest BCUT2D eigenvalue weighted by Gasteiger charge is 2.13. The molecule has 0 amide bonds. The van der Waals surface area contributed by atoms with Gasteiger partial charge in [0.05, 0.1) is 6.61 Å². The van der Waals surface area contributed by atoms with Gasteiger partial charge in [-0.3, -0.25) is 0 Å². The fourth-order valence-electron chi connectivity index (χ4n) is 2.88. The minimum Gasteiger partial charge on any atom is -0.434 e. The number of fused-ring (bicyclic) bond motifs is 2. The average molecular weight is 322 g/mol. The van der Waals surface area contributed by atoms with E-state index in [1.807, 2.05) is 48.5 Å². The molecule has 0 saturated heterocycles. The highest BCUT2D eigenvalue weighted by Crippen LogP contribution is 2.34. The summed E-state index contributed by atoms with van der Waals surface area (Å²) in [4.78, 5) is 12.1. The predicted molar refractivity (Wildman–Crippen MR) is 97.6 cm³/mol. The van der Waals surface area contributed by atoms with Gasteiger partial charge in [0.2, 0.25) is 0 Å². The van der Waals surface area contributed by atoms with Gasteiger partial charge in [0.1, 0.15) is 5.75 Å². The molecule has 0 saturated carbocycles. The van der Waals surface area contributed by atoms with E-state index in [2.05, 4.69) is 13.0 Å². The lowest BCUT2D eigenvalue weighted by atomic mass is 10.0. The molecule has 0 N–H and O–H groups in total. The molecule has 0 heterocycles. The molecule has 0 unspecified atom stereocenters. The fraction of sp³-hybridized carbons (Fsp3) is 0.286. The lowest BCUT2D eigenvalue weighted by Crippen LogP contribution is -2.12. The maximum Gasteiger partial charge on any atom is 0.513 e. The van der Waals surface area contributed by atoms with Crippen LogP contribution in [-0.4, -0.2) is 12.8 Å². The third-order valence-corrected chi connectivity index (χ3v) is 4.13. The van der Waals surface area contributed by atoms with Crippen molar-refractivity contribution in [3.8, 4) is 5.75 Å². The van der Waals surface area contributed by atoms with E-state index in [4.69, 9.17) is 9.47 Å². The zero-order valence-electron chi connectivity index (χ0n) is 14.0. The Morgan fingerprint density at radius 2 is 1.50 bits per heavy atom. The second kappa shape index (κ2) is 7.82. The minimum absolute atomic E-state index is 0.404. The molecule has 3 rings (SSSR count). The number of benzene rings is 3. The summed E-state index contributed by atoms with van der Waals surface area (Å²) < 4.78 is 10.8. The Bertz CT molecular complexity index is 785. The maximum absolute atomic E-state index is 12.1. The zero-order chi connectivity index (χ0) is 16.8. The zero-order valence-corrected chi connectivity index (χ0v) is 14.0. The Labute approximate surface area is 142 Å². The van der Waals surface area contributed by atoms with Crippen molar-refractivity contribution in [2.24, 2.45) is 0 Å². The fourth-order valence-corrected chi connectivity index (χ4v) is 2.88. The van der Waals surface area contributed by atoms with Gasteiger partial charge in [-0.25, -0.2) is 4.79 Å². The van der Waals surface area contributed by atoms with Crippen molar-refractivity contribution in [2.45, 2.75) is 32.6 Å². The van der Waals surface area contributed by atoms with Crippen molar-refractivity contribution in [1.82, 2.24) is 0 Å². The quantitative estimate of drug-likeness (QED) is 0.238. The second-order valence-corrected chi connectivity index (χ2v) is 5.91. The van der Waals surface area contributed by atoms with Crippen LogP contribution in [0.4, 0.5) is 4.79 Å². The van der Waals surface area contributed by atoms with Gasteiger partial charge >= 0.3 is 6.16 Å². The van der Waals surface area contributed by atoms with Gasteiger partial charge in [-0.15, -0.1) is 0 Å². The smallest absolute Gasteiger partial charge is 0.434 e. The van der Waals surface area contributed by atoms with Crippen molar-refractivity contribution in [3.05, 3.63) is 54.6 Å². The molecule has 0 radical (unpaired) electrons. The molecule has 0 aliphatic carbocycles. The number of carbonyl (C=O) groups excluding carboxylic acids is 1. The predicted octanol–water partition coefficient (Wildman–Crippen LogP) is 6.09. The summed E-state index contributed by atoms with van der Waals surface area (Å²) in [5.74, 6) is 0.572. The monoisotopic (exact) mass is 322 g/mol. The highest BCUT2D eigenvalue weighted by molar-refractivity contribution is 6.06. The van der Waals surface area contributed by atoms with E-state index in [1.165, 1.54) is 0 Å². The minimum atomic E-state index is -0.631. The van der Waals surface area contributed by atoms with Gasteiger partial charge in [-0.2, -0.15) is 0 Å². The summed E-state index contributed by atoms with van der Waals surface area (Å²) in [7, 11) is 0. The molecule has 24 heavy (non-hydrogen) atoms. The number of ether oxygens (including phenoxy) is 2. The van der Waals surface area contributed by atoms with Crippen molar-refractivity contribution < 1.29 is 14.3 Å². The van der Waals surface area contributed by atoms with E-state index in [0.29, 0.717) is 12.4 Å². The Morgan fingerprint density at radius 3 is 2.12 bits per heavy atom. The second-order valence-electron chi connectivity index (χ2n) is 5.91. The Hall–Kier alpha value is -2.55. The molecule has 3 aromatic rings. The van der Waals surface area contributed by atoms with Crippen LogP contribution in [0, 0.1) is 0 Å². The molecule has 0 atom stereocenters. The molecule has 3 heteroatoms. The van der Waals surface area contributed by atoms with Gasteiger partial charge in [0, 0.05) is 10.8 Å². The first-order valence-corrected chi connectivity index (χ1v) is 8.54. The Balaban J connectivity index is 1.83. The first kappa shape index (κ1) is 16.3. The van der Waals surface area contributed by atoms with Crippen molar-refractivity contribution in [3.63, 3.8) is 0 Å². The summed E-state index contributed by atoms with van der Waals surface area (Å²) in [6.45, 7) is 2.56. The van der Waals surface area contributed by atoms with Crippen LogP contribution in [0.25, 0.3) is 21.5 Å². The van der Waals surface area contributed by atoms with E-state index in [-0.39, 0.29) is 0 Å². The lowest BCUT2D eigenvalue weighted by Gasteiger charge is -2.12. The van der Waals surface area contributed by atoms with Crippen LogP contribution in [0.2, 0.25) is 0 Å². The summed E-state index contributed by atoms with van der Waals surface area (Å²) >= 11 is 0. The molecule has 0 aliphatic heterocycles. The first-order valence-electron chi connectivity index (χ1n) is 8.54. The number of hydrogen-bond acceptors (Lipinski definition) is 3. The molecule has 0 fully saturated rings. The van der Waals surface area contributed by atoms with Gasteiger partial charge in [0.25, 0.3) is 0 Å². The van der Waals surface area contributed by atoms with Crippen LogP contribution < -0.4 is 4.74 Å². The normalized spacial score (nSPS) is 10.9. The molecule has 3 nitrogen and oxygen atoms in total. The lowest BCUT2D eigenvalue weighted by molar-refractivity contribution is 0.0983. The van der Waals surface area contributed by atoms with E-state index < -0.39 is 6.16 Å². The Morgan fingerprint density at radius 1 is 0.875 bits per heavy atom. The summed E-state index contributed by atoms with van der Waals surface area (Å²) in [5.41, 5.74) is 0. The first-order chi connectivity index (χ1) is 11.8. The number of rotatable bonds is 6. The van der Waals surface area contributed by atoms with Crippen LogP contribution in [0.5, 0.6) is 5.75 Å². The molecule has 3 aromatic carbocycles. The van der Waals surface area contributed by atoms with Gasteiger partial charge in [-0.1, -0.05) is 74.7 Å². The van der Waals surface area contributed by atoms with Gasteiger partial charge in [-0.05, 0) is 23.3 Å². The largest absolute Gasteiger partial charge is 0.513 e. The number of carbonyl (C=O) groups is 1. The highest BCUT2D eigenvalue weighted by atomic mass is 16.7. The van der Waals surface area contributed by atoms with Gasteiger partial charge < -0.3 is 9.47 Å². The van der Waals surface area contributed by atoms with Crippen LogP contribution in [0.15, 0.2) is 54.6 Å². The third kappa shape index (κ3) is 3.67. The van der Waals surface area contributed by atoms with Gasteiger partial charge in [0.15, 0.2) is 0 Å². The van der Waals surface area contributed by atoms with E-state index in [9.17, 15) is 4.79 Å². The molecule has 124 valence electrons. The van der Waals surface area contributed by atoms with E-state index in [1.54, 1.807) is 0 Å². The molecular formula is C21H22O3. The van der Waals surface area contributed by atoms with E-state index >= 15 is 0 Å². The molecular weight excluding hydrogens is 300 g/mol. The van der Waals surface area contributed by atoms with Crippen molar-refractivity contribution >= 4 is 27.7 Å². The van der Waals surface area contributed by atoms with E-state index in [0.717, 1.165) is 47.2 Å². The molecule has 0 aliphatic rings. The number of hydrogen-bond donors (Lipinski definition) is 0. The molecule has 0 bridgehead atoms. The topological polar surface area (TPSA) is 35.5 Å². The van der Waals surface area contributed by atoms with Crippen molar-refractivity contribution in [2.75, 3.05) is 6.61 Å². The average Bonchev–Trinajstić information content (AvgIpc) is 2.61. The summed E-state index contributed by atoms with van der Waals surface area (Å²) in [5, 5.41) is 3.92. The standard InChI is InChI=1S/C21H22O3/c1-2-3-4-9-14-23-21(22)24-20-18-12-7-5-10-16(18)15-17-11-6-8-13-19(17)20/h5-8,10-13,15H,2-4,9,14H2,1H3. The van der Waals surface area contributed by atoms with Crippen LogP contribution in [0.1, 0.15) is 32.6 Å². The van der Waals surface area contributed by atoms with Crippen LogP contribution in [-0.2, 0) is 4.74 Å². The summed E-state index contributed by atoms with van der Waals surface area (Å²) in [6.07, 6.45) is 3.63. The number of unbranched alkanes of at least 4 members (excludes halogenated alkanes) is 3. The third-order valence-electron chi connectivity index (χ3n) is 4.13. The SMILES string of the molecule is CCCCCCOC(=O)Oc1c2ccccc2cc2ccccc12. The molecule has 0 spiro atoms. The van der Waals surface area contributed by atoms with Crippen molar-refractivity contribution in [1.29, 1.82) is 0 Å². The van der Waals surface area contributed by atoms with Crippen LogP contribution >= 0.6 is 0 Å². The van der Waals surface area contributed by atoms with Crippen LogP contribution in [0.3, 0.4) is 0 Å². The maximum atomic E-state index is 12.1.